The summed E-state index contributed by atoms with van der Waals surface area (Å²) in [6.45, 7) is 6.33. The molecule has 2 rings (SSSR count). The van der Waals surface area contributed by atoms with Crippen molar-refractivity contribution in [3.8, 4) is 5.69 Å². The number of nitrogens with zero attached hydrogens (tertiary/aromatic N) is 1. The van der Waals surface area contributed by atoms with Crippen LogP contribution in [0.2, 0.25) is 0 Å². The number of rotatable bonds is 6. The van der Waals surface area contributed by atoms with E-state index < -0.39 is 5.54 Å². The van der Waals surface area contributed by atoms with Gasteiger partial charge in [0.25, 0.3) is 11.5 Å². The SMILES string of the molecule is CCC(N)(CC)CNC(=O)c1cc(=O)n(-c2ccc(C)cc2)[nH]1.Cl. The Bertz CT molecular complexity index is 730. The van der Waals surface area contributed by atoms with Crippen molar-refractivity contribution in [3.63, 3.8) is 0 Å². The number of nitrogens with one attached hydrogen (secondary N) is 2. The van der Waals surface area contributed by atoms with Crippen molar-refractivity contribution < 1.29 is 4.79 Å². The molecular formula is C17H25ClN4O2. The maximum absolute atomic E-state index is 12.2. The van der Waals surface area contributed by atoms with Gasteiger partial charge in [-0.3, -0.25) is 14.7 Å². The quantitative estimate of drug-likeness (QED) is 0.743. The molecule has 0 unspecified atom stereocenters. The Morgan fingerprint density at radius 1 is 1.25 bits per heavy atom. The third-order valence-electron chi connectivity index (χ3n) is 4.27. The third kappa shape index (κ3) is 4.49. The summed E-state index contributed by atoms with van der Waals surface area (Å²) in [4.78, 5) is 24.3. The van der Waals surface area contributed by atoms with E-state index in [4.69, 9.17) is 5.73 Å². The summed E-state index contributed by atoms with van der Waals surface area (Å²) in [5.74, 6) is -0.329. The molecule has 0 spiro atoms. The van der Waals surface area contributed by atoms with Crippen LogP contribution in [0.5, 0.6) is 0 Å². The molecule has 0 bridgehead atoms. The molecule has 0 aliphatic rings. The Hall–Kier alpha value is -2.05. The summed E-state index contributed by atoms with van der Waals surface area (Å²) < 4.78 is 1.35. The molecule has 0 saturated heterocycles. The Morgan fingerprint density at radius 3 is 2.38 bits per heavy atom. The molecule has 4 N–H and O–H groups in total. The predicted octanol–water partition coefficient (Wildman–Crippen LogP) is 2.14. The van der Waals surface area contributed by atoms with Gasteiger partial charge in [-0.1, -0.05) is 31.5 Å². The summed E-state index contributed by atoms with van der Waals surface area (Å²) in [6.07, 6.45) is 1.54. The Balaban J connectivity index is 0.00000288. The lowest BCUT2D eigenvalue weighted by molar-refractivity contribution is 0.0936. The summed E-state index contributed by atoms with van der Waals surface area (Å²) in [5.41, 5.74) is 7.49. The summed E-state index contributed by atoms with van der Waals surface area (Å²) in [5, 5.41) is 5.64. The van der Waals surface area contributed by atoms with Gasteiger partial charge >= 0.3 is 0 Å². The average molecular weight is 353 g/mol. The molecule has 0 aliphatic carbocycles. The first-order valence-corrected chi connectivity index (χ1v) is 7.84. The summed E-state index contributed by atoms with van der Waals surface area (Å²) >= 11 is 0. The molecule has 0 atom stereocenters. The molecule has 0 saturated carbocycles. The molecule has 1 aromatic heterocycles. The highest BCUT2D eigenvalue weighted by Gasteiger charge is 2.22. The van der Waals surface area contributed by atoms with Crippen molar-refractivity contribution in [1.82, 2.24) is 15.1 Å². The van der Waals surface area contributed by atoms with Crippen LogP contribution < -0.4 is 16.6 Å². The lowest BCUT2D eigenvalue weighted by Gasteiger charge is -2.26. The fraction of sp³-hybridized carbons (Fsp3) is 0.412. The van der Waals surface area contributed by atoms with Gasteiger partial charge in [0.2, 0.25) is 0 Å². The molecule has 132 valence electrons. The molecule has 0 fully saturated rings. The second-order valence-electron chi connectivity index (χ2n) is 5.93. The number of benzene rings is 1. The number of hydrogen-bond acceptors (Lipinski definition) is 3. The molecule has 1 heterocycles. The summed E-state index contributed by atoms with van der Waals surface area (Å²) in [6, 6.07) is 8.77. The van der Waals surface area contributed by atoms with Gasteiger partial charge in [-0.15, -0.1) is 12.4 Å². The fourth-order valence-electron chi connectivity index (χ4n) is 2.25. The smallest absolute Gasteiger partial charge is 0.271 e. The van der Waals surface area contributed by atoms with Gasteiger partial charge in [-0.25, -0.2) is 4.68 Å². The zero-order valence-electron chi connectivity index (χ0n) is 14.3. The van der Waals surface area contributed by atoms with Crippen LogP contribution in [0.1, 0.15) is 42.7 Å². The highest BCUT2D eigenvalue weighted by atomic mass is 35.5. The van der Waals surface area contributed by atoms with Crippen LogP contribution in [0.3, 0.4) is 0 Å². The van der Waals surface area contributed by atoms with E-state index in [1.165, 1.54) is 10.7 Å². The highest BCUT2D eigenvalue weighted by Crippen LogP contribution is 2.10. The maximum Gasteiger partial charge on any atom is 0.271 e. The molecule has 0 radical (unpaired) electrons. The van der Waals surface area contributed by atoms with Gasteiger partial charge in [0, 0.05) is 18.2 Å². The molecule has 7 heteroatoms. The van der Waals surface area contributed by atoms with Gasteiger partial charge < -0.3 is 11.1 Å². The lowest BCUT2D eigenvalue weighted by Crippen LogP contribution is -2.49. The van der Waals surface area contributed by atoms with Gasteiger partial charge in [-0.2, -0.15) is 0 Å². The monoisotopic (exact) mass is 352 g/mol. The minimum atomic E-state index is -0.421. The highest BCUT2D eigenvalue weighted by molar-refractivity contribution is 5.92. The third-order valence-corrected chi connectivity index (χ3v) is 4.27. The number of hydrogen-bond donors (Lipinski definition) is 3. The first-order chi connectivity index (χ1) is 10.9. The van der Waals surface area contributed by atoms with E-state index in [0.717, 1.165) is 18.4 Å². The van der Waals surface area contributed by atoms with Crippen LogP contribution >= 0.6 is 12.4 Å². The van der Waals surface area contributed by atoms with Crippen LogP contribution in [0.15, 0.2) is 35.1 Å². The molecular weight excluding hydrogens is 328 g/mol. The lowest BCUT2D eigenvalue weighted by atomic mass is 9.94. The van der Waals surface area contributed by atoms with E-state index in [2.05, 4.69) is 10.4 Å². The van der Waals surface area contributed by atoms with Crippen molar-refractivity contribution in [3.05, 3.63) is 51.9 Å². The van der Waals surface area contributed by atoms with Crippen LogP contribution in [0.4, 0.5) is 0 Å². The maximum atomic E-state index is 12.2. The van der Waals surface area contributed by atoms with Gasteiger partial charge in [0.15, 0.2) is 0 Å². The zero-order chi connectivity index (χ0) is 17.0. The zero-order valence-corrected chi connectivity index (χ0v) is 15.1. The number of aromatic nitrogens is 2. The van der Waals surface area contributed by atoms with Crippen LogP contribution in [-0.4, -0.2) is 27.8 Å². The average Bonchev–Trinajstić information content (AvgIpc) is 2.95. The minimum Gasteiger partial charge on any atom is -0.349 e. The number of nitrogens with two attached hydrogens (primary N) is 1. The fourth-order valence-corrected chi connectivity index (χ4v) is 2.25. The van der Waals surface area contributed by atoms with E-state index in [1.807, 2.05) is 45.0 Å². The number of H-pyrrole nitrogens is 1. The van der Waals surface area contributed by atoms with Crippen molar-refractivity contribution in [2.24, 2.45) is 5.73 Å². The molecule has 6 nitrogen and oxygen atoms in total. The number of carbonyl (C=O) groups is 1. The second kappa shape index (κ2) is 8.17. The number of aromatic amines is 1. The Morgan fingerprint density at radius 2 is 1.83 bits per heavy atom. The molecule has 1 amide bonds. The van der Waals surface area contributed by atoms with Gasteiger partial charge in [0.05, 0.1) is 5.69 Å². The van der Waals surface area contributed by atoms with E-state index in [9.17, 15) is 9.59 Å². The van der Waals surface area contributed by atoms with E-state index in [0.29, 0.717) is 12.2 Å². The first kappa shape index (κ1) is 20.0. The molecule has 24 heavy (non-hydrogen) atoms. The molecule has 1 aromatic carbocycles. The first-order valence-electron chi connectivity index (χ1n) is 7.84. The topological polar surface area (TPSA) is 92.9 Å². The number of aryl methyl sites for hydroxylation is 1. The minimum absolute atomic E-state index is 0. The van der Waals surface area contributed by atoms with Crippen LogP contribution in [-0.2, 0) is 0 Å². The number of halogens is 1. The van der Waals surface area contributed by atoms with E-state index in [1.54, 1.807) is 0 Å². The number of carbonyl (C=O) groups excluding carboxylic acids is 1. The normalized spacial score (nSPS) is 11.0. The molecule has 2 aromatic rings. The Kier molecular flexibility index (Phi) is 6.81. The second-order valence-corrected chi connectivity index (χ2v) is 5.93. The van der Waals surface area contributed by atoms with Crippen molar-refractivity contribution >= 4 is 18.3 Å². The summed E-state index contributed by atoms with van der Waals surface area (Å²) in [7, 11) is 0. The van der Waals surface area contributed by atoms with Crippen LogP contribution in [0.25, 0.3) is 5.69 Å². The van der Waals surface area contributed by atoms with Gasteiger partial charge in [-0.05, 0) is 31.9 Å². The number of amides is 1. The van der Waals surface area contributed by atoms with Crippen molar-refractivity contribution in [1.29, 1.82) is 0 Å². The van der Waals surface area contributed by atoms with E-state index >= 15 is 0 Å². The largest absolute Gasteiger partial charge is 0.349 e. The predicted molar refractivity (Wildman–Crippen MR) is 98.2 cm³/mol. The van der Waals surface area contributed by atoms with Gasteiger partial charge in [0.1, 0.15) is 5.69 Å². The van der Waals surface area contributed by atoms with Crippen LogP contribution in [0, 0.1) is 6.92 Å². The van der Waals surface area contributed by atoms with E-state index in [-0.39, 0.29) is 29.6 Å². The van der Waals surface area contributed by atoms with Crippen molar-refractivity contribution in [2.45, 2.75) is 39.2 Å². The molecule has 0 aliphatic heterocycles. The standard InChI is InChI=1S/C17H24N4O2.ClH/c1-4-17(18,5-2)11-19-16(23)14-10-15(22)21(20-14)13-8-6-12(3)7-9-13;/h6-10,20H,4-5,11,18H2,1-3H3,(H,19,23);1H. The Labute approximate surface area is 147 Å². The van der Waals surface area contributed by atoms with Crippen molar-refractivity contribution in [2.75, 3.05) is 6.54 Å².